The minimum Gasteiger partial charge on any atom is -0.286 e. The highest BCUT2D eigenvalue weighted by molar-refractivity contribution is 5.07. The molecule has 0 unspecified atom stereocenters. The second-order valence-electron chi connectivity index (χ2n) is 5.53. The summed E-state index contributed by atoms with van der Waals surface area (Å²) in [6, 6.07) is 0. The van der Waals surface area contributed by atoms with Crippen molar-refractivity contribution in [2.75, 3.05) is 0 Å². The molecule has 4 heteroatoms. The van der Waals surface area contributed by atoms with E-state index in [1.807, 2.05) is 7.05 Å². The Hall–Kier alpha value is -1.19. The predicted octanol–water partition coefficient (Wildman–Crippen LogP) is 3.42. The molecule has 0 aliphatic heterocycles. The molecule has 0 saturated heterocycles. The summed E-state index contributed by atoms with van der Waals surface area (Å²) in [5, 5.41) is 8.54. The van der Waals surface area contributed by atoms with E-state index in [1.165, 1.54) is 38.5 Å². The zero-order chi connectivity index (χ0) is 14.8. The van der Waals surface area contributed by atoms with Crippen LogP contribution in [0, 0.1) is 0 Å². The van der Waals surface area contributed by atoms with E-state index in [1.54, 1.807) is 4.80 Å². The van der Waals surface area contributed by atoms with E-state index in [9.17, 15) is 4.79 Å². The quantitative estimate of drug-likeness (QED) is 0.617. The standard InChI is InChI=1S/C16H29N3O/c1-4-6-8-10-12-14-16(20)15(18-19(3)17-14)13-11-9-7-5-2/h4-13H2,1-3H3. The van der Waals surface area contributed by atoms with Gasteiger partial charge < -0.3 is 0 Å². The van der Waals surface area contributed by atoms with Crippen LogP contribution < -0.4 is 5.43 Å². The zero-order valence-electron chi connectivity index (χ0n) is 13.3. The lowest BCUT2D eigenvalue weighted by Crippen LogP contribution is -2.24. The average molecular weight is 279 g/mol. The Kier molecular flexibility index (Phi) is 8.16. The molecule has 0 aromatic carbocycles. The van der Waals surface area contributed by atoms with Gasteiger partial charge in [-0.05, 0) is 25.7 Å². The maximum atomic E-state index is 12.3. The minimum absolute atomic E-state index is 0.0797. The van der Waals surface area contributed by atoms with Gasteiger partial charge in [-0.1, -0.05) is 52.4 Å². The van der Waals surface area contributed by atoms with Gasteiger partial charge in [-0.25, -0.2) is 0 Å². The van der Waals surface area contributed by atoms with Crippen molar-refractivity contribution >= 4 is 0 Å². The van der Waals surface area contributed by atoms with Gasteiger partial charge in [-0.3, -0.25) is 4.79 Å². The van der Waals surface area contributed by atoms with Crippen molar-refractivity contribution in [2.24, 2.45) is 7.05 Å². The van der Waals surface area contributed by atoms with Crippen LogP contribution in [0.3, 0.4) is 0 Å². The van der Waals surface area contributed by atoms with E-state index in [0.717, 1.165) is 25.7 Å². The number of hydrogen-bond donors (Lipinski definition) is 0. The topological polar surface area (TPSA) is 47.8 Å². The summed E-state index contributed by atoms with van der Waals surface area (Å²) in [6.45, 7) is 4.39. The monoisotopic (exact) mass is 279 g/mol. The summed E-state index contributed by atoms with van der Waals surface area (Å²) in [5.41, 5.74) is 1.48. The molecule has 0 atom stereocenters. The smallest absolute Gasteiger partial charge is 0.225 e. The third-order valence-electron chi connectivity index (χ3n) is 3.59. The van der Waals surface area contributed by atoms with Gasteiger partial charge in [0.15, 0.2) is 0 Å². The van der Waals surface area contributed by atoms with E-state index in [0.29, 0.717) is 11.4 Å². The first-order valence-electron chi connectivity index (χ1n) is 8.12. The number of rotatable bonds is 10. The molecule has 0 aliphatic rings. The number of hydrogen-bond acceptors (Lipinski definition) is 3. The van der Waals surface area contributed by atoms with Gasteiger partial charge >= 0.3 is 0 Å². The van der Waals surface area contributed by atoms with Gasteiger partial charge in [0.1, 0.15) is 11.4 Å². The van der Waals surface area contributed by atoms with Crippen molar-refractivity contribution in [1.82, 2.24) is 15.0 Å². The molecule has 0 fully saturated rings. The summed E-state index contributed by atoms with van der Waals surface area (Å²) in [7, 11) is 1.81. The Bertz CT molecular complexity index is 404. The predicted molar refractivity (Wildman–Crippen MR) is 83.0 cm³/mol. The Morgan fingerprint density at radius 1 is 0.800 bits per heavy atom. The summed E-state index contributed by atoms with van der Waals surface area (Å²) in [6.07, 6.45) is 10.9. The van der Waals surface area contributed by atoms with Crippen LogP contribution in [0.4, 0.5) is 0 Å². The number of nitrogens with zero attached hydrogens (tertiary/aromatic N) is 3. The maximum Gasteiger partial charge on any atom is 0.225 e. The second-order valence-corrected chi connectivity index (χ2v) is 5.53. The fourth-order valence-corrected chi connectivity index (χ4v) is 2.39. The average Bonchev–Trinajstić information content (AvgIpc) is 2.44. The summed E-state index contributed by atoms with van der Waals surface area (Å²) in [4.78, 5) is 13.9. The van der Waals surface area contributed by atoms with Gasteiger partial charge in [-0.2, -0.15) is 15.0 Å². The van der Waals surface area contributed by atoms with E-state index >= 15 is 0 Å². The maximum absolute atomic E-state index is 12.3. The van der Waals surface area contributed by atoms with Crippen LogP contribution in [0.1, 0.15) is 76.6 Å². The first kappa shape index (κ1) is 16.9. The Morgan fingerprint density at radius 3 is 1.65 bits per heavy atom. The van der Waals surface area contributed by atoms with Crippen LogP contribution in [0.5, 0.6) is 0 Å². The highest BCUT2D eigenvalue weighted by Crippen LogP contribution is 2.05. The summed E-state index contributed by atoms with van der Waals surface area (Å²) < 4.78 is 0. The molecule has 0 spiro atoms. The van der Waals surface area contributed by atoms with Crippen LogP contribution in [-0.2, 0) is 19.9 Å². The lowest BCUT2D eigenvalue weighted by Gasteiger charge is -2.06. The van der Waals surface area contributed by atoms with Gasteiger partial charge in [0.25, 0.3) is 0 Å². The highest BCUT2D eigenvalue weighted by Gasteiger charge is 2.09. The molecule has 20 heavy (non-hydrogen) atoms. The molecular formula is C16H29N3O. The Morgan fingerprint density at radius 2 is 1.25 bits per heavy atom. The van der Waals surface area contributed by atoms with E-state index in [-0.39, 0.29) is 5.43 Å². The van der Waals surface area contributed by atoms with E-state index in [4.69, 9.17) is 0 Å². The van der Waals surface area contributed by atoms with Gasteiger partial charge in [-0.15, -0.1) is 0 Å². The first-order valence-corrected chi connectivity index (χ1v) is 8.12. The van der Waals surface area contributed by atoms with Gasteiger partial charge in [0, 0.05) is 7.05 Å². The molecular weight excluding hydrogens is 250 g/mol. The fourth-order valence-electron chi connectivity index (χ4n) is 2.39. The molecule has 0 aliphatic carbocycles. The van der Waals surface area contributed by atoms with Crippen molar-refractivity contribution in [3.8, 4) is 0 Å². The SMILES string of the molecule is CCCCCCc1nn(C)nc(CCCCCC)c1=O. The minimum atomic E-state index is 0.0797. The fraction of sp³-hybridized carbons (Fsp3) is 0.812. The van der Waals surface area contributed by atoms with Crippen molar-refractivity contribution in [2.45, 2.75) is 78.1 Å². The lowest BCUT2D eigenvalue weighted by atomic mass is 10.1. The van der Waals surface area contributed by atoms with Crippen LogP contribution >= 0.6 is 0 Å². The lowest BCUT2D eigenvalue weighted by molar-refractivity contribution is 0.548. The Labute approximate surface area is 122 Å². The van der Waals surface area contributed by atoms with Crippen molar-refractivity contribution in [3.05, 3.63) is 21.6 Å². The third kappa shape index (κ3) is 5.85. The molecule has 114 valence electrons. The molecule has 1 rings (SSSR count). The molecule has 0 saturated carbocycles. The van der Waals surface area contributed by atoms with Crippen molar-refractivity contribution in [3.63, 3.8) is 0 Å². The zero-order valence-corrected chi connectivity index (χ0v) is 13.3. The molecule has 0 bridgehead atoms. The van der Waals surface area contributed by atoms with Gasteiger partial charge in [0.05, 0.1) is 0 Å². The normalized spacial score (nSPS) is 10.9. The van der Waals surface area contributed by atoms with E-state index < -0.39 is 0 Å². The molecule has 0 amide bonds. The first-order chi connectivity index (χ1) is 9.69. The van der Waals surface area contributed by atoms with E-state index in [2.05, 4.69) is 24.0 Å². The van der Waals surface area contributed by atoms with Crippen molar-refractivity contribution in [1.29, 1.82) is 0 Å². The Balaban J connectivity index is 2.61. The second kappa shape index (κ2) is 9.67. The van der Waals surface area contributed by atoms with Crippen LogP contribution in [0.15, 0.2) is 4.79 Å². The van der Waals surface area contributed by atoms with Crippen LogP contribution in [-0.4, -0.2) is 15.0 Å². The number of aromatic nitrogens is 3. The third-order valence-corrected chi connectivity index (χ3v) is 3.59. The molecule has 1 heterocycles. The number of aryl methyl sites for hydroxylation is 3. The highest BCUT2D eigenvalue weighted by atomic mass is 16.1. The van der Waals surface area contributed by atoms with Crippen molar-refractivity contribution < 1.29 is 0 Å². The molecule has 1 aromatic heterocycles. The summed E-state index contributed by atoms with van der Waals surface area (Å²) >= 11 is 0. The largest absolute Gasteiger partial charge is 0.286 e. The van der Waals surface area contributed by atoms with Gasteiger partial charge in [0.2, 0.25) is 5.43 Å². The van der Waals surface area contributed by atoms with Crippen LogP contribution in [0.2, 0.25) is 0 Å². The summed E-state index contributed by atoms with van der Waals surface area (Å²) in [5.74, 6) is 0. The molecule has 0 N–H and O–H groups in total. The molecule has 4 nitrogen and oxygen atoms in total. The number of unbranched alkanes of at least 4 members (excludes halogenated alkanes) is 6. The van der Waals surface area contributed by atoms with Crippen LogP contribution in [0.25, 0.3) is 0 Å². The molecule has 1 aromatic rings. The molecule has 0 radical (unpaired) electrons.